The van der Waals surface area contributed by atoms with Crippen molar-refractivity contribution in [2.45, 2.75) is 0 Å². The second-order valence-corrected chi connectivity index (χ2v) is 4.99. The number of amides is 1. The summed E-state index contributed by atoms with van der Waals surface area (Å²) in [5.41, 5.74) is -0.693. The van der Waals surface area contributed by atoms with E-state index in [1.807, 2.05) is 0 Å². The number of anilines is 1. The molecule has 0 bridgehead atoms. The van der Waals surface area contributed by atoms with Crippen molar-refractivity contribution in [1.29, 1.82) is 0 Å². The van der Waals surface area contributed by atoms with Crippen LogP contribution in [0, 0.1) is 10.1 Å². The summed E-state index contributed by atoms with van der Waals surface area (Å²) in [7, 11) is 1.55. The van der Waals surface area contributed by atoms with E-state index < -0.39 is 22.5 Å². The minimum Gasteiger partial charge on any atom is -0.478 e. The van der Waals surface area contributed by atoms with Crippen LogP contribution in [0.3, 0.4) is 0 Å². The number of nitrogens with one attached hydrogen (secondary N) is 1. The van der Waals surface area contributed by atoms with Crippen molar-refractivity contribution in [3.05, 3.63) is 33.9 Å². The van der Waals surface area contributed by atoms with E-state index in [1.54, 1.807) is 7.11 Å². The molecule has 114 valence electrons. The second-order valence-electron chi connectivity index (χ2n) is 3.89. The first-order valence-electron chi connectivity index (χ1n) is 5.84. The zero-order chi connectivity index (χ0) is 15.8. The number of carbonyl (C=O) groups excluding carboxylic acids is 1. The van der Waals surface area contributed by atoms with E-state index in [9.17, 15) is 19.7 Å². The Bertz CT molecular complexity index is 549. The number of ether oxygens (including phenoxy) is 1. The zero-order valence-electron chi connectivity index (χ0n) is 11.2. The highest BCUT2D eigenvalue weighted by atomic mass is 32.2. The van der Waals surface area contributed by atoms with Crippen LogP contribution < -0.4 is 5.32 Å². The van der Waals surface area contributed by atoms with Gasteiger partial charge in [-0.1, -0.05) is 0 Å². The maximum atomic E-state index is 11.7. The molecule has 0 fully saturated rings. The first-order valence-corrected chi connectivity index (χ1v) is 6.99. The summed E-state index contributed by atoms with van der Waals surface area (Å²) in [5.74, 6) is -0.918. The summed E-state index contributed by atoms with van der Waals surface area (Å²) in [6.07, 6.45) is 0. The Hall–Kier alpha value is -2.13. The average molecular weight is 314 g/mol. The number of carboxylic acids is 1. The SMILES string of the molecule is COCCSCC(=O)Nc1ccc(C(=O)O)cc1[N+](=O)[O-]. The molecule has 21 heavy (non-hydrogen) atoms. The molecule has 1 aromatic carbocycles. The lowest BCUT2D eigenvalue weighted by Crippen LogP contribution is -2.16. The van der Waals surface area contributed by atoms with Gasteiger partial charge in [0.15, 0.2) is 0 Å². The molecular weight excluding hydrogens is 300 g/mol. The Morgan fingerprint density at radius 2 is 2.19 bits per heavy atom. The Kier molecular flexibility index (Phi) is 6.63. The summed E-state index contributed by atoms with van der Waals surface area (Å²) < 4.78 is 4.83. The van der Waals surface area contributed by atoms with Crippen LogP contribution in [0.25, 0.3) is 0 Å². The van der Waals surface area contributed by atoms with Crippen LogP contribution >= 0.6 is 11.8 Å². The molecule has 8 nitrogen and oxygen atoms in total. The van der Waals surface area contributed by atoms with Gasteiger partial charge in [-0.2, -0.15) is 0 Å². The fourth-order valence-electron chi connectivity index (χ4n) is 1.41. The van der Waals surface area contributed by atoms with E-state index in [0.29, 0.717) is 12.4 Å². The van der Waals surface area contributed by atoms with Gasteiger partial charge >= 0.3 is 5.97 Å². The van der Waals surface area contributed by atoms with E-state index in [-0.39, 0.29) is 17.0 Å². The van der Waals surface area contributed by atoms with Crippen molar-refractivity contribution in [1.82, 2.24) is 0 Å². The lowest BCUT2D eigenvalue weighted by molar-refractivity contribution is -0.384. The fourth-order valence-corrected chi connectivity index (χ4v) is 2.10. The number of hydrogen-bond donors (Lipinski definition) is 2. The molecule has 0 heterocycles. The maximum Gasteiger partial charge on any atom is 0.335 e. The maximum absolute atomic E-state index is 11.7. The van der Waals surface area contributed by atoms with Crippen LogP contribution in [0.1, 0.15) is 10.4 Å². The Balaban J connectivity index is 2.76. The average Bonchev–Trinajstić information content (AvgIpc) is 2.43. The number of benzene rings is 1. The molecule has 1 amide bonds. The van der Waals surface area contributed by atoms with Crippen LogP contribution in [-0.2, 0) is 9.53 Å². The van der Waals surface area contributed by atoms with Gasteiger partial charge in [0.2, 0.25) is 5.91 Å². The molecule has 0 saturated carbocycles. The molecule has 0 aliphatic rings. The standard InChI is InChI=1S/C12H14N2O6S/c1-20-4-5-21-7-11(15)13-9-3-2-8(12(16)17)6-10(9)14(18)19/h2-3,6H,4-5,7H2,1H3,(H,13,15)(H,16,17). The summed E-state index contributed by atoms with van der Waals surface area (Å²) in [5, 5.41) is 22.1. The van der Waals surface area contributed by atoms with Gasteiger partial charge in [0.05, 0.1) is 22.8 Å². The monoisotopic (exact) mass is 314 g/mol. The molecule has 0 unspecified atom stereocenters. The number of methoxy groups -OCH3 is 1. The quantitative estimate of drug-likeness (QED) is 0.425. The molecule has 1 aromatic rings. The van der Waals surface area contributed by atoms with E-state index in [0.717, 1.165) is 6.07 Å². The molecule has 0 saturated heterocycles. The lowest BCUT2D eigenvalue weighted by Gasteiger charge is -2.06. The first kappa shape index (κ1) is 16.9. The molecule has 0 radical (unpaired) electrons. The molecule has 9 heteroatoms. The summed E-state index contributed by atoms with van der Waals surface area (Å²) in [6, 6.07) is 3.32. The highest BCUT2D eigenvalue weighted by Gasteiger charge is 2.18. The minimum absolute atomic E-state index is 0.0256. The van der Waals surface area contributed by atoms with Crippen LogP contribution in [0.2, 0.25) is 0 Å². The predicted octanol–water partition coefficient (Wildman–Crippen LogP) is 1.61. The van der Waals surface area contributed by atoms with Gasteiger partial charge in [0, 0.05) is 18.9 Å². The number of nitrogens with zero attached hydrogens (tertiary/aromatic N) is 1. The van der Waals surface area contributed by atoms with Gasteiger partial charge in [-0.05, 0) is 12.1 Å². The van der Waals surface area contributed by atoms with E-state index in [4.69, 9.17) is 9.84 Å². The smallest absolute Gasteiger partial charge is 0.335 e. The van der Waals surface area contributed by atoms with Crippen molar-refractivity contribution in [3.63, 3.8) is 0 Å². The molecule has 0 aromatic heterocycles. The van der Waals surface area contributed by atoms with Gasteiger partial charge in [-0.15, -0.1) is 11.8 Å². The third-order valence-corrected chi connectivity index (χ3v) is 3.30. The van der Waals surface area contributed by atoms with Crippen LogP contribution in [0.15, 0.2) is 18.2 Å². The Morgan fingerprint density at radius 3 is 2.76 bits per heavy atom. The lowest BCUT2D eigenvalue weighted by atomic mass is 10.1. The van der Waals surface area contributed by atoms with E-state index in [1.165, 1.54) is 23.9 Å². The number of nitro groups is 1. The molecule has 0 aliphatic heterocycles. The zero-order valence-corrected chi connectivity index (χ0v) is 12.0. The van der Waals surface area contributed by atoms with Gasteiger partial charge in [-0.3, -0.25) is 14.9 Å². The number of hydrogen-bond acceptors (Lipinski definition) is 6. The normalized spacial score (nSPS) is 10.1. The summed E-state index contributed by atoms with van der Waals surface area (Å²) >= 11 is 1.33. The van der Waals surface area contributed by atoms with Gasteiger partial charge in [-0.25, -0.2) is 4.79 Å². The molecule has 0 atom stereocenters. The molecule has 0 spiro atoms. The van der Waals surface area contributed by atoms with Gasteiger partial charge in [0.1, 0.15) is 5.69 Å². The topological polar surface area (TPSA) is 119 Å². The highest BCUT2D eigenvalue weighted by Crippen LogP contribution is 2.25. The number of carboxylic acid groups (broad SMARTS) is 1. The first-order chi connectivity index (χ1) is 9.95. The number of nitro benzene ring substituents is 1. The highest BCUT2D eigenvalue weighted by molar-refractivity contribution is 7.99. The number of thioether (sulfide) groups is 1. The summed E-state index contributed by atoms with van der Waals surface area (Å²) in [4.78, 5) is 32.6. The molecule has 0 aliphatic carbocycles. The third kappa shape index (κ3) is 5.40. The van der Waals surface area contributed by atoms with Crippen LogP contribution in [0.5, 0.6) is 0 Å². The number of aromatic carboxylic acids is 1. The van der Waals surface area contributed by atoms with Crippen molar-refractivity contribution in [2.24, 2.45) is 0 Å². The number of rotatable bonds is 8. The van der Waals surface area contributed by atoms with Gasteiger partial charge < -0.3 is 15.2 Å². The van der Waals surface area contributed by atoms with Gasteiger partial charge in [0.25, 0.3) is 5.69 Å². The van der Waals surface area contributed by atoms with Crippen molar-refractivity contribution in [2.75, 3.05) is 30.5 Å². The second kappa shape index (κ2) is 8.22. The Labute approximate surface area is 124 Å². The minimum atomic E-state index is -1.27. The van der Waals surface area contributed by atoms with Crippen LogP contribution in [-0.4, -0.2) is 47.1 Å². The largest absolute Gasteiger partial charge is 0.478 e. The molecule has 2 N–H and O–H groups in total. The third-order valence-electron chi connectivity index (χ3n) is 2.38. The fraction of sp³-hybridized carbons (Fsp3) is 0.333. The van der Waals surface area contributed by atoms with Crippen molar-refractivity contribution >= 4 is 35.0 Å². The molecule has 1 rings (SSSR count). The Morgan fingerprint density at radius 1 is 1.48 bits per heavy atom. The van der Waals surface area contributed by atoms with E-state index >= 15 is 0 Å². The van der Waals surface area contributed by atoms with Crippen LogP contribution in [0.4, 0.5) is 11.4 Å². The molecular formula is C12H14N2O6S. The van der Waals surface area contributed by atoms with Crippen molar-refractivity contribution < 1.29 is 24.4 Å². The summed E-state index contributed by atoms with van der Waals surface area (Å²) in [6.45, 7) is 0.505. The predicted molar refractivity (Wildman–Crippen MR) is 77.9 cm³/mol. The number of carbonyl (C=O) groups is 2. The van der Waals surface area contributed by atoms with E-state index in [2.05, 4.69) is 5.32 Å². The van der Waals surface area contributed by atoms with Crippen molar-refractivity contribution in [3.8, 4) is 0 Å².